The number of aliphatic hydroxyl groups is 1. The molecule has 0 radical (unpaired) electrons. The van der Waals surface area contributed by atoms with Gasteiger partial charge >= 0.3 is 0 Å². The van der Waals surface area contributed by atoms with E-state index in [0.29, 0.717) is 78.3 Å². The Morgan fingerprint density at radius 1 is 1.16 bits per heavy atom. The van der Waals surface area contributed by atoms with E-state index in [1.54, 1.807) is 21.7 Å². The molecule has 2 aliphatic heterocycles. The van der Waals surface area contributed by atoms with E-state index in [0.717, 1.165) is 5.69 Å². The Morgan fingerprint density at radius 2 is 1.86 bits per heavy atom. The first-order chi connectivity index (χ1) is 20.6. The summed E-state index contributed by atoms with van der Waals surface area (Å²) in [4.78, 5) is 25.3. The molecular weight excluding hydrogens is 574 g/mol. The average Bonchev–Trinajstić information content (AvgIpc) is 3.59. The van der Waals surface area contributed by atoms with Crippen molar-refractivity contribution in [2.75, 3.05) is 62.7 Å². The van der Waals surface area contributed by atoms with Crippen LogP contribution in [-0.2, 0) is 4.79 Å². The van der Waals surface area contributed by atoms with Crippen LogP contribution in [0.25, 0.3) is 22.2 Å². The van der Waals surface area contributed by atoms with Gasteiger partial charge in [0, 0.05) is 69.0 Å². The Kier molecular flexibility index (Phi) is 7.76. The van der Waals surface area contributed by atoms with Gasteiger partial charge < -0.3 is 19.8 Å². The Morgan fingerprint density at radius 3 is 2.49 bits per heavy atom. The molecule has 1 amide bonds. The minimum Gasteiger partial charge on any atom is -0.389 e. The summed E-state index contributed by atoms with van der Waals surface area (Å²) in [6, 6.07) is 11.4. The van der Waals surface area contributed by atoms with Gasteiger partial charge in [-0.3, -0.25) is 9.69 Å². The number of anilines is 3. The van der Waals surface area contributed by atoms with Crippen molar-refractivity contribution in [3.63, 3.8) is 0 Å². The molecule has 0 aliphatic carbocycles. The number of nitriles is 1. The number of β-amino-alcohol motifs (C(OH)–C–C–N with tert-alkyl or cyclic N) is 1. The molecule has 0 unspecified atom stereocenters. The first kappa shape index (κ1) is 29.0. The van der Waals surface area contributed by atoms with Gasteiger partial charge in [-0.05, 0) is 50.2 Å². The van der Waals surface area contributed by atoms with Crippen molar-refractivity contribution >= 4 is 44.8 Å². The second kappa shape index (κ2) is 11.5. The number of hydrogen-bond acceptors (Lipinski definition) is 9. The van der Waals surface area contributed by atoms with Crippen molar-refractivity contribution in [2.24, 2.45) is 0 Å². The zero-order chi connectivity index (χ0) is 30.4. The maximum Gasteiger partial charge on any atom is 0.236 e. The number of carbonyl (C=O) groups is 1. The highest BCUT2D eigenvalue weighted by atomic mass is 32.1. The summed E-state index contributed by atoms with van der Waals surface area (Å²) in [6.45, 7) is 7.60. The van der Waals surface area contributed by atoms with Crippen molar-refractivity contribution in [3.8, 4) is 17.3 Å². The number of piperazine rings is 1. The Hall–Kier alpha value is -4.12. The van der Waals surface area contributed by atoms with Gasteiger partial charge in [-0.25, -0.2) is 18.4 Å². The zero-order valence-electron chi connectivity index (χ0n) is 24.2. The predicted molar refractivity (Wildman–Crippen MR) is 162 cm³/mol. The van der Waals surface area contributed by atoms with Crippen LogP contribution in [0.15, 0.2) is 36.4 Å². The van der Waals surface area contributed by atoms with Crippen molar-refractivity contribution in [1.29, 1.82) is 5.26 Å². The second-order valence-corrected chi connectivity index (χ2v) is 12.2. The van der Waals surface area contributed by atoms with E-state index in [-0.39, 0.29) is 23.3 Å². The number of aliphatic hydroxyl groups excluding tert-OH is 1. The van der Waals surface area contributed by atoms with Crippen LogP contribution in [0.4, 0.5) is 25.4 Å². The molecule has 0 spiro atoms. The summed E-state index contributed by atoms with van der Waals surface area (Å²) in [5, 5.41) is 25.1. The van der Waals surface area contributed by atoms with E-state index in [2.05, 4.69) is 21.0 Å². The maximum atomic E-state index is 15.6. The molecule has 1 N–H and O–H groups in total. The van der Waals surface area contributed by atoms with Crippen molar-refractivity contribution in [1.82, 2.24) is 24.6 Å². The minimum atomic E-state index is -0.431. The fourth-order valence-corrected chi connectivity index (χ4v) is 6.40. The van der Waals surface area contributed by atoms with Gasteiger partial charge in [-0.15, -0.1) is 0 Å². The zero-order valence-corrected chi connectivity index (χ0v) is 25.0. The Labute approximate surface area is 252 Å². The second-order valence-electron chi connectivity index (χ2n) is 11.3. The highest BCUT2D eigenvalue weighted by Crippen LogP contribution is 2.40. The first-order valence-corrected chi connectivity index (χ1v) is 15.0. The number of benzene rings is 2. The van der Waals surface area contributed by atoms with Gasteiger partial charge in [0.2, 0.25) is 5.91 Å². The fourth-order valence-electron chi connectivity index (χ4n) is 5.55. The summed E-state index contributed by atoms with van der Waals surface area (Å²) in [5.41, 5.74) is 2.07. The quantitative estimate of drug-likeness (QED) is 0.337. The number of nitrogens with zero attached hydrogens (tertiary/aromatic N) is 8. The van der Waals surface area contributed by atoms with Gasteiger partial charge in [-0.1, -0.05) is 11.3 Å². The average molecular weight is 607 g/mol. The van der Waals surface area contributed by atoms with E-state index >= 15 is 4.39 Å². The molecule has 43 heavy (non-hydrogen) atoms. The van der Waals surface area contributed by atoms with Crippen molar-refractivity contribution in [2.45, 2.75) is 26.0 Å². The van der Waals surface area contributed by atoms with Crippen LogP contribution < -0.4 is 9.80 Å². The number of amides is 1. The summed E-state index contributed by atoms with van der Waals surface area (Å²) >= 11 is 1.21. The third-order valence-corrected chi connectivity index (χ3v) is 8.99. The molecular formula is C30H32F2N8O2S. The molecule has 0 bridgehead atoms. The van der Waals surface area contributed by atoms with Crippen molar-refractivity contribution in [3.05, 3.63) is 52.9 Å². The smallest absolute Gasteiger partial charge is 0.236 e. The van der Waals surface area contributed by atoms with E-state index in [9.17, 15) is 19.6 Å². The normalized spacial score (nSPS) is 16.1. The van der Waals surface area contributed by atoms with E-state index < -0.39 is 11.9 Å². The van der Waals surface area contributed by atoms with Crippen LogP contribution >= 0.6 is 11.3 Å². The summed E-state index contributed by atoms with van der Waals surface area (Å²) in [7, 11) is 1.82. The third-order valence-electron chi connectivity index (χ3n) is 7.95. The molecule has 4 heterocycles. The lowest BCUT2D eigenvalue weighted by atomic mass is 10.1. The number of carbonyl (C=O) groups excluding carboxylic acids is 1. The van der Waals surface area contributed by atoms with Crippen LogP contribution in [0, 0.1) is 23.0 Å². The summed E-state index contributed by atoms with van der Waals surface area (Å²) in [6.07, 6.45) is -0.421. The lowest BCUT2D eigenvalue weighted by molar-refractivity contribution is -0.142. The SMILES string of the molecule is CC(C)n1nc2c(F)cc(N3CCN(CC(=O)N4CC(O)C4)CC3)cc2c1N(C)c1nc(-c2ccc(F)cc2)c(C#N)s1. The van der Waals surface area contributed by atoms with Crippen molar-refractivity contribution < 1.29 is 18.7 Å². The number of halogens is 2. The number of thiazole rings is 1. The van der Waals surface area contributed by atoms with Gasteiger partial charge in [-0.2, -0.15) is 10.4 Å². The molecule has 13 heteroatoms. The topological polar surface area (TPSA) is 105 Å². The van der Waals surface area contributed by atoms with E-state index in [1.807, 2.05) is 31.9 Å². The largest absolute Gasteiger partial charge is 0.389 e. The molecule has 10 nitrogen and oxygen atoms in total. The summed E-state index contributed by atoms with van der Waals surface area (Å²) in [5.74, 6) is -0.137. The third kappa shape index (κ3) is 5.53. The first-order valence-electron chi connectivity index (χ1n) is 14.2. The van der Waals surface area contributed by atoms with Gasteiger partial charge in [0.15, 0.2) is 10.9 Å². The number of likely N-dealkylation sites (tertiary alicyclic amines) is 1. The van der Waals surface area contributed by atoms with Crippen LogP contribution in [0.5, 0.6) is 0 Å². The number of hydrogen-bond donors (Lipinski definition) is 1. The lowest BCUT2D eigenvalue weighted by Crippen LogP contribution is -2.57. The molecule has 0 atom stereocenters. The standard InChI is InChI=1S/C30H32F2N8O2S/c1-18(2)40-29(36(3)30-34-27(25(14-33)43-30)19-4-6-20(31)7-5-19)23-12-21(13-24(32)28(23)35-40)38-10-8-37(9-11-38)17-26(42)39-15-22(41)16-39/h4-7,12-13,18,22,41H,8-11,15-17H2,1-3H3. The fraction of sp³-hybridized carbons (Fsp3) is 0.400. The summed E-state index contributed by atoms with van der Waals surface area (Å²) < 4.78 is 30.9. The number of fused-ring (bicyclic) bond motifs is 1. The molecule has 2 aromatic heterocycles. The highest BCUT2D eigenvalue weighted by Gasteiger charge is 2.31. The van der Waals surface area contributed by atoms with Gasteiger partial charge in [0.25, 0.3) is 0 Å². The molecule has 2 aromatic carbocycles. The van der Waals surface area contributed by atoms with E-state index in [4.69, 9.17) is 4.98 Å². The van der Waals surface area contributed by atoms with Crippen LogP contribution in [0.1, 0.15) is 24.8 Å². The Bertz CT molecular complexity index is 1700. The molecule has 0 saturated carbocycles. The molecule has 2 aliphatic rings. The minimum absolute atomic E-state index is 0.0179. The van der Waals surface area contributed by atoms with Crippen LogP contribution in [0.2, 0.25) is 0 Å². The predicted octanol–water partition coefficient (Wildman–Crippen LogP) is 3.98. The molecule has 2 saturated heterocycles. The molecule has 4 aromatic rings. The van der Waals surface area contributed by atoms with Crippen LogP contribution in [-0.4, -0.2) is 94.5 Å². The monoisotopic (exact) mass is 606 g/mol. The number of aromatic nitrogens is 3. The molecule has 6 rings (SSSR count). The van der Waals surface area contributed by atoms with Gasteiger partial charge in [0.1, 0.15) is 33.8 Å². The molecule has 2 fully saturated rings. The number of rotatable bonds is 7. The lowest BCUT2D eigenvalue weighted by Gasteiger charge is -2.39. The van der Waals surface area contributed by atoms with E-state index in [1.165, 1.54) is 29.5 Å². The maximum absolute atomic E-state index is 15.6. The van der Waals surface area contributed by atoms with Crippen LogP contribution in [0.3, 0.4) is 0 Å². The highest BCUT2D eigenvalue weighted by molar-refractivity contribution is 7.16. The molecule has 224 valence electrons. The Balaban J connectivity index is 1.29. The van der Waals surface area contributed by atoms with Gasteiger partial charge in [0.05, 0.1) is 12.6 Å².